The molecule has 4 nitrogen and oxygen atoms in total. The van der Waals surface area contributed by atoms with Crippen molar-refractivity contribution in [3.8, 4) is 0 Å². The van der Waals surface area contributed by atoms with Gasteiger partial charge in [-0.2, -0.15) is 0 Å². The Hall–Kier alpha value is -0.770. The summed E-state index contributed by atoms with van der Waals surface area (Å²) in [5.41, 5.74) is -0.456. The van der Waals surface area contributed by atoms with Crippen LogP contribution in [0.15, 0.2) is 0 Å². The first kappa shape index (κ1) is 11.3. The van der Waals surface area contributed by atoms with Gasteiger partial charge in [-0.05, 0) is 51.4 Å². The van der Waals surface area contributed by atoms with Crippen molar-refractivity contribution in [2.45, 2.75) is 51.3 Å². The third-order valence-corrected chi connectivity index (χ3v) is 4.45. The Morgan fingerprint density at radius 1 is 1.29 bits per heavy atom. The fraction of sp³-hybridized carbons (Fsp3) is 0.923. The molecule has 1 heterocycles. The number of amides is 1. The van der Waals surface area contributed by atoms with Gasteiger partial charge in [-0.25, -0.2) is 4.79 Å². The largest absolute Gasteiger partial charge is 0.444 e. The Bertz CT molecular complexity index is 349. The van der Waals surface area contributed by atoms with Gasteiger partial charge < -0.3 is 9.84 Å². The number of carbonyl (C=O) groups excluding carboxylic acids is 1. The highest BCUT2D eigenvalue weighted by Crippen LogP contribution is 2.63. The number of piperidine rings is 1. The summed E-state index contributed by atoms with van der Waals surface area (Å²) in [5, 5.41) is 9.49. The molecule has 1 saturated heterocycles. The number of fused-ring (bicyclic) bond motifs is 5. The van der Waals surface area contributed by atoms with Crippen LogP contribution in [0.1, 0.15) is 33.6 Å². The first-order valence-corrected chi connectivity index (χ1v) is 6.54. The van der Waals surface area contributed by atoms with Crippen LogP contribution in [-0.4, -0.2) is 40.4 Å². The Balaban J connectivity index is 1.76. The zero-order valence-corrected chi connectivity index (χ0v) is 10.7. The molecule has 0 unspecified atom stereocenters. The lowest BCUT2D eigenvalue weighted by Gasteiger charge is -2.35. The summed E-state index contributed by atoms with van der Waals surface area (Å²) in [5.74, 6) is 1.98. The second-order valence-corrected chi connectivity index (χ2v) is 6.67. The molecule has 96 valence electrons. The fourth-order valence-electron chi connectivity index (χ4n) is 3.82. The Morgan fingerprint density at radius 2 is 2.00 bits per heavy atom. The number of nitrogens with zero attached hydrogens (tertiary/aromatic N) is 1. The van der Waals surface area contributed by atoms with Gasteiger partial charge >= 0.3 is 6.09 Å². The van der Waals surface area contributed by atoms with Crippen molar-refractivity contribution < 1.29 is 14.6 Å². The van der Waals surface area contributed by atoms with Crippen LogP contribution in [0.25, 0.3) is 0 Å². The third-order valence-electron chi connectivity index (χ3n) is 4.45. The van der Waals surface area contributed by atoms with E-state index >= 15 is 0 Å². The summed E-state index contributed by atoms with van der Waals surface area (Å²) >= 11 is 0. The summed E-state index contributed by atoms with van der Waals surface area (Å²) in [6.45, 7) is 5.72. The lowest BCUT2D eigenvalue weighted by atomic mass is 9.97. The number of hydrogen-bond acceptors (Lipinski definition) is 3. The standard InChI is InChI=1S/C13H21NO3/c1-13(2,3)17-12(16)14-10-5-9(11(14)6-15)7-4-8(7)10/h7-11,15H,4-6H2,1-3H3/t7-,8+,9-,10+,11-/m0/s1. The monoisotopic (exact) mass is 239 g/mol. The van der Waals surface area contributed by atoms with Crippen LogP contribution in [0.3, 0.4) is 0 Å². The molecule has 2 bridgehead atoms. The second-order valence-electron chi connectivity index (χ2n) is 6.67. The molecule has 0 aromatic carbocycles. The van der Waals surface area contributed by atoms with Gasteiger partial charge in [0.25, 0.3) is 0 Å². The van der Waals surface area contributed by atoms with E-state index in [9.17, 15) is 9.90 Å². The van der Waals surface area contributed by atoms with Crippen LogP contribution in [0.4, 0.5) is 4.79 Å². The molecule has 4 heteroatoms. The molecule has 3 fully saturated rings. The van der Waals surface area contributed by atoms with E-state index in [4.69, 9.17) is 4.74 Å². The van der Waals surface area contributed by atoms with E-state index in [0.29, 0.717) is 17.9 Å². The summed E-state index contributed by atoms with van der Waals surface area (Å²) in [7, 11) is 0. The number of aliphatic hydroxyl groups is 1. The van der Waals surface area contributed by atoms with E-state index < -0.39 is 5.60 Å². The summed E-state index contributed by atoms with van der Waals surface area (Å²) in [4.78, 5) is 14.0. The van der Waals surface area contributed by atoms with Crippen molar-refractivity contribution >= 4 is 6.09 Å². The number of ether oxygens (including phenoxy) is 1. The molecule has 0 spiro atoms. The summed E-state index contributed by atoms with van der Waals surface area (Å²) in [6, 6.07) is 0.329. The summed E-state index contributed by atoms with van der Waals surface area (Å²) < 4.78 is 5.45. The van der Waals surface area contributed by atoms with Crippen molar-refractivity contribution in [3.63, 3.8) is 0 Å². The van der Waals surface area contributed by atoms with Gasteiger partial charge in [-0.3, -0.25) is 4.90 Å². The van der Waals surface area contributed by atoms with Crippen molar-refractivity contribution in [1.82, 2.24) is 4.90 Å². The van der Waals surface area contributed by atoms with E-state index in [2.05, 4.69) is 0 Å². The zero-order valence-electron chi connectivity index (χ0n) is 10.7. The van der Waals surface area contributed by atoms with Crippen molar-refractivity contribution in [2.24, 2.45) is 17.8 Å². The maximum absolute atomic E-state index is 12.2. The van der Waals surface area contributed by atoms with Crippen LogP contribution in [0.2, 0.25) is 0 Å². The topological polar surface area (TPSA) is 49.8 Å². The number of aliphatic hydroxyl groups excluding tert-OH is 1. The zero-order chi connectivity index (χ0) is 12.4. The predicted octanol–water partition coefficient (Wildman–Crippen LogP) is 1.62. The average molecular weight is 239 g/mol. The van der Waals surface area contributed by atoms with Crippen molar-refractivity contribution in [3.05, 3.63) is 0 Å². The van der Waals surface area contributed by atoms with Gasteiger partial charge in [0.2, 0.25) is 0 Å². The lowest BCUT2D eigenvalue weighted by Crippen LogP contribution is -2.49. The van der Waals surface area contributed by atoms with Crippen LogP contribution in [0, 0.1) is 17.8 Å². The quantitative estimate of drug-likeness (QED) is 0.756. The van der Waals surface area contributed by atoms with Crippen LogP contribution >= 0.6 is 0 Å². The van der Waals surface area contributed by atoms with Gasteiger partial charge in [0.15, 0.2) is 0 Å². The van der Waals surface area contributed by atoms with E-state index in [1.54, 1.807) is 0 Å². The van der Waals surface area contributed by atoms with E-state index in [1.165, 1.54) is 6.42 Å². The highest BCUT2D eigenvalue weighted by molar-refractivity contribution is 5.70. The fourth-order valence-corrected chi connectivity index (χ4v) is 3.82. The van der Waals surface area contributed by atoms with Crippen LogP contribution in [0.5, 0.6) is 0 Å². The van der Waals surface area contributed by atoms with E-state index in [-0.39, 0.29) is 18.7 Å². The van der Waals surface area contributed by atoms with Crippen LogP contribution in [-0.2, 0) is 4.74 Å². The molecule has 0 aromatic rings. The predicted molar refractivity (Wildman–Crippen MR) is 62.4 cm³/mol. The highest BCUT2D eigenvalue weighted by Gasteiger charge is 2.65. The normalized spacial score (nSPS) is 42.6. The molecular formula is C13H21NO3. The molecule has 17 heavy (non-hydrogen) atoms. The third kappa shape index (κ3) is 1.65. The summed E-state index contributed by atoms with van der Waals surface area (Å²) in [6.07, 6.45) is 2.07. The molecule has 0 radical (unpaired) electrons. The van der Waals surface area contributed by atoms with Gasteiger partial charge in [-0.1, -0.05) is 0 Å². The molecular weight excluding hydrogens is 218 g/mol. The Kier molecular flexibility index (Phi) is 2.25. The van der Waals surface area contributed by atoms with Crippen LogP contribution < -0.4 is 0 Å². The molecule has 2 saturated carbocycles. The highest BCUT2D eigenvalue weighted by atomic mass is 16.6. The Labute approximate surface area is 102 Å². The maximum atomic E-state index is 12.2. The molecule has 1 N–H and O–H groups in total. The molecule has 1 amide bonds. The first-order chi connectivity index (χ1) is 7.92. The molecule has 2 aliphatic carbocycles. The first-order valence-electron chi connectivity index (χ1n) is 6.54. The van der Waals surface area contributed by atoms with Gasteiger partial charge in [0.05, 0.1) is 12.6 Å². The molecule has 5 atom stereocenters. The number of likely N-dealkylation sites (tertiary alicyclic amines) is 1. The van der Waals surface area contributed by atoms with E-state index in [0.717, 1.165) is 12.3 Å². The van der Waals surface area contributed by atoms with Crippen molar-refractivity contribution in [1.29, 1.82) is 0 Å². The number of rotatable bonds is 1. The molecule has 3 rings (SSSR count). The molecule has 3 aliphatic rings. The van der Waals surface area contributed by atoms with Crippen molar-refractivity contribution in [2.75, 3.05) is 6.61 Å². The minimum absolute atomic E-state index is 0.00130. The maximum Gasteiger partial charge on any atom is 0.410 e. The second kappa shape index (κ2) is 3.37. The average Bonchev–Trinajstić information content (AvgIpc) is 2.82. The van der Waals surface area contributed by atoms with Gasteiger partial charge in [0.1, 0.15) is 5.60 Å². The Morgan fingerprint density at radius 3 is 2.59 bits per heavy atom. The molecule has 1 aliphatic heterocycles. The minimum Gasteiger partial charge on any atom is -0.444 e. The minimum atomic E-state index is -0.456. The van der Waals surface area contributed by atoms with E-state index in [1.807, 2.05) is 25.7 Å². The lowest BCUT2D eigenvalue weighted by molar-refractivity contribution is -0.00199. The van der Waals surface area contributed by atoms with Gasteiger partial charge in [-0.15, -0.1) is 0 Å². The number of hydrogen-bond donors (Lipinski definition) is 1. The molecule has 0 aromatic heterocycles. The van der Waals surface area contributed by atoms with Gasteiger partial charge in [0, 0.05) is 6.04 Å². The smallest absolute Gasteiger partial charge is 0.410 e. The SMILES string of the molecule is CC(C)(C)OC(=O)N1[C@@H]2C[C@@H]([C@H]3C[C@H]32)[C@@H]1CO. The number of carbonyl (C=O) groups is 1.